The molecule has 0 spiro atoms. The lowest BCUT2D eigenvalue weighted by Crippen LogP contribution is -1.98. The maximum absolute atomic E-state index is 5.28. The highest BCUT2D eigenvalue weighted by atomic mass is 35.5. The summed E-state index contributed by atoms with van der Waals surface area (Å²) in [5, 5.41) is 3.64. The summed E-state index contributed by atoms with van der Waals surface area (Å²) in [5.41, 5.74) is 5.28. The molecule has 1 heterocycles. The van der Waals surface area contributed by atoms with Crippen LogP contribution in [-0.2, 0) is 6.54 Å². The molecule has 1 aromatic rings. The van der Waals surface area contributed by atoms with Crippen molar-refractivity contribution in [3.63, 3.8) is 0 Å². The molecular formula is C6H12ClN3O. The Morgan fingerprint density at radius 2 is 2.18 bits per heavy atom. The van der Waals surface area contributed by atoms with Gasteiger partial charge < -0.3 is 10.3 Å². The van der Waals surface area contributed by atoms with E-state index in [1.807, 2.05) is 13.8 Å². The summed E-state index contributed by atoms with van der Waals surface area (Å²) in [6.45, 7) is 4.33. The van der Waals surface area contributed by atoms with E-state index in [1.165, 1.54) is 0 Å². The summed E-state index contributed by atoms with van der Waals surface area (Å²) in [6, 6.07) is 0. The molecule has 0 saturated carbocycles. The SMILES string of the molecule is CC(C)c1nc(CN)no1.Cl. The molecule has 0 saturated heterocycles. The average molecular weight is 178 g/mol. The van der Waals surface area contributed by atoms with Crippen LogP contribution >= 0.6 is 12.4 Å². The molecular weight excluding hydrogens is 166 g/mol. The van der Waals surface area contributed by atoms with E-state index < -0.39 is 0 Å². The fourth-order valence-electron chi connectivity index (χ4n) is 0.585. The first-order valence-corrected chi connectivity index (χ1v) is 3.26. The van der Waals surface area contributed by atoms with Crippen molar-refractivity contribution >= 4 is 12.4 Å². The van der Waals surface area contributed by atoms with Gasteiger partial charge in [0, 0.05) is 5.92 Å². The van der Waals surface area contributed by atoms with E-state index in [9.17, 15) is 0 Å². The maximum atomic E-state index is 5.28. The van der Waals surface area contributed by atoms with Gasteiger partial charge in [-0.3, -0.25) is 0 Å². The van der Waals surface area contributed by atoms with Crippen LogP contribution < -0.4 is 5.73 Å². The van der Waals surface area contributed by atoms with Gasteiger partial charge in [0.25, 0.3) is 0 Å². The summed E-state index contributed by atoms with van der Waals surface area (Å²) in [7, 11) is 0. The Hall–Kier alpha value is -0.610. The fourth-order valence-corrected chi connectivity index (χ4v) is 0.585. The van der Waals surface area contributed by atoms with E-state index in [0.29, 0.717) is 18.3 Å². The smallest absolute Gasteiger partial charge is 0.229 e. The highest BCUT2D eigenvalue weighted by molar-refractivity contribution is 5.85. The van der Waals surface area contributed by atoms with Crippen LogP contribution in [0.25, 0.3) is 0 Å². The molecule has 1 aromatic heterocycles. The normalized spacial score (nSPS) is 9.82. The summed E-state index contributed by atoms with van der Waals surface area (Å²) in [4.78, 5) is 4.03. The second-order valence-corrected chi connectivity index (χ2v) is 2.41. The number of halogens is 1. The number of hydrogen-bond acceptors (Lipinski definition) is 4. The first-order valence-electron chi connectivity index (χ1n) is 3.26. The average Bonchev–Trinajstić information content (AvgIpc) is 2.34. The third-order valence-electron chi connectivity index (χ3n) is 1.16. The standard InChI is InChI=1S/C6H11N3O.ClH/c1-4(2)6-8-5(3-7)9-10-6;/h4H,3,7H2,1-2H3;1H. The second kappa shape index (κ2) is 4.31. The molecule has 0 aliphatic rings. The summed E-state index contributed by atoms with van der Waals surface area (Å²) in [5.74, 6) is 1.51. The van der Waals surface area contributed by atoms with Gasteiger partial charge in [-0.1, -0.05) is 19.0 Å². The van der Waals surface area contributed by atoms with Crippen LogP contribution in [0.1, 0.15) is 31.5 Å². The minimum atomic E-state index is 0. The lowest BCUT2D eigenvalue weighted by molar-refractivity contribution is 0.361. The third kappa shape index (κ3) is 2.48. The van der Waals surface area contributed by atoms with Crippen molar-refractivity contribution in [3.8, 4) is 0 Å². The molecule has 64 valence electrons. The molecule has 0 unspecified atom stereocenters. The van der Waals surface area contributed by atoms with Crippen LogP contribution in [0.15, 0.2) is 4.52 Å². The minimum Gasteiger partial charge on any atom is -0.339 e. The molecule has 0 fully saturated rings. The highest BCUT2D eigenvalue weighted by Crippen LogP contribution is 2.09. The predicted octanol–water partition coefficient (Wildman–Crippen LogP) is 1.07. The highest BCUT2D eigenvalue weighted by Gasteiger charge is 2.07. The first-order chi connectivity index (χ1) is 4.74. The first kappa shape index (κ1) is 10.4. The van der Waals surface area contributed by atoms with Crippen LogP contribution in [0, 0.1) is 0 Å². The predicted molar refractivity (Wildman–Crippen MR) is 43.5 cm³/mol. The summed E-state index contributed by atoms with van der Waals surface area (Å²) < 4.78 is 4.88. The Morgan fingerprint density at radius 3 is 2.45 bits per heavy atom. The number of aromatic nitrogens is 2. The van der Waals surface area contributed by atoms with E-state index in [-0.39, 0.29) is 18.3 Å². The van der Waals surface area contributed by atoms with Crippen molar-refractivity contribution in [3.05, 3.63) is 11.7 Å². The van der Waals surface area contributed by atoms with E-state index in [0.717, 1.165) is 0 Å². The fraction of sp³-hybridized carbons (Fsp3) is 0.667. The molecule has 0 atom stereocenters. The molecule has 11 heavy (non-hydrogen) atoms. The maximum Gasteiger partial charge on any atom is 0.229 e. The topological polar surface area (TPSA) is 64.9 Å². The Labute approximate surface area is 71.6 Å². The second-order valence-electron chi connectivity index (χ2n) is 2.41. The van der Waals surface area contributed by atoms with Gasteiger partial charge in [-0.25, -0.2) is 0 Å². The van der Waals surface area contributed by atoms with Crippen LogP contribution in [0.2, 0.25) is 0 Å². The molecule has 0 radical (unpaired) electrons. The summed E-state index contributed by atoms with van der Waals surface area (Å²) in [6.07, 6.45) is 0. The van der Waals surface area contributed by atoms with Crippen LogP contribution in [-0.4, -0.2) is 10.1 Å². The van der Waals surface area contributed by atoms with Crippen LogP contribution in [0.4, 0.5) is 0 Å². The van der Waals surface area contributed by atoms with Crippen molar-refractivity contribution in [2.24, 2.45) is 5.73 Å². The van der Waals surface area contributed by atoms with E-state index in [1.54, 1.807) is 0 Å². The lowest BCUT2D eigenvalue weighted by atomic mass is 10.2. The van der Waals surface area contributed by atoms with E-state index in [4.69, 9.17) is 10.3 Å². The van der Waals surface area contributed by atoms with Gasteiger partial charge in [0.05, 0.1) is 6.54 Å². The van der Waals surface area contributed by atoms with Crippen LogP contribution in [0.5, 0.6) is 0 Å². The molecule has 5 heteroatoms. The number of rotatable bonds is 2. The Morgan fingerprint density at radius 1 is 1.55 bits per heavy atom. The Balaban J connectivity index is 0.000001000. The lowest BCUT2D eigenvalue weighted by Gasteiger charge is -1.91. The zero-order chi connectivity index (χ0) is 7.56. The summed E-state index contributed by atoms with van der Waals surface area (Å²) >= 11 is 0. The molecule has 0 aromatic carbocycles. The zero-order valence-electron chi connectivity index (χ0n) is 6.57. The molecule has 0 aliphatic carbocycles. The molecule has 0 aliphatic heterocycles. The van der Waals surface area contributed by atoms with Crippen LogP contribution in [0.3, 0.4) is 0 Å². The largest absolute Gasteiger partial charge is 0.339 e. The third-order valence-corrected chi connectivity index (χ3v) is 1.16. The van der Waals surface area contributed by atoms with Gasteiger partial charge >= 0.3 is 0 Å². The Bertz CT molecular complexity index is 211. The molecule has 2 N–H and O–H groups in total. The Kier molecular flexibility index (Phi) is 4.07. The van der Waals surface area contributed by atoms with E-state index >= 15 is 0 Å². The van der Waals surface area contributed by atoms with Crippen molar-refractivity contribution in [2.75, 3.05) is 0 Å². The van der Waals surface area contributed by atoms with Gasteiger partial charge in [0.2, 0.25) is 5.89 Å². The minimum absolute atomic E-state index is 0. The number of hydrogen-bond donors (Lipinski definition) is 1. The zero-order valence-corrected chi connectivity index (χ0v) is 7.39. The monoisotopic (exact) mass is 177 g/mol. The van der Waals surface area contributed by atoms with Gasteiger partial charge in [-0.2, -0.15) is 4.98 Å². The quantitative estimate of drug-likeness (QED) is 0.734. The number of nitrogens with two attached hydrogens (primary N) is 1. The van der Waals surface area contributed by atoms with Crippen molar-refractivity contribution < 1.29 is 4.52 Å². The molecule has 4 nitrogen and oxygen atoms in total. The van der Waals surface area contributed by atoms with Gasteiger partial charge in [-0.05, 0) is 0 Å². The van der Waals surface area contributed by atoms with Gasteiger partial charge in [0.1, 0.15) is 0 Å². The van der Waals surface area contributed by atoms with Crippen molar-refractivity contribution in [2.45, 2.75) is 26.3 Å². The van der Waals surface area contributed by atoms with Gasteiger partial charge in [-0.15, -0.1) is 12.4 Å². The van der Waals surface area contributed by atoms with Gasteiger partial charge in [0.15, 0.2) is 5.82 Å². The number of nitrogens with zero attached hydrogens (tertiary/aromatic N) is 2. The molecule has 0 amide bonds. The molecule has 0 bridgehead atoms. The molecule has 1 rings (SSSR count). The van der Waals surface area contributed by atoms with Crippen molar-refractivity contribution in [1.82, 2.24) is 10.1 Å². The van der Waals surface area contributed by atoms with E-state index in [2.05, 4.69) is 10.1 Å². The van der Waals surface area contributed by atoms with Crippen molar-refractivity contribution in [1.29, 1.82) is 0 Å².